The highest BCUT2D eigenvalue weighted by atomic mass is 35.5. The molecule has 0 bridgehead atoms. The van der Waals surface area contributed by atoms with Crippen LogP contribution in [0.15, 0.2) is 24.3 Å². The summed E-state index contributed by atoms with van der Waals surface area (Å²) in [4.78, 5) is 12.1. The molecule has 28 heavy (non-hydrogen) atoms. The highest BCUT2D eigenvalue weighted by molar-refractivity contribution is 6.30. The second-order valence-electron chi connectivity index (χ2n) is 7.59. The number of aromatic nitrogens is 2. The number of halogens is 1. The summed E-state index contributed by atoms with van der Waals surface area (Å²) in [6.07, 6.45) is 3.16. The van der Waals surface area contributed by atoms with Crippen LogP contribution >= 0.6 is 11.6 Å². The summed E-state index contributed by atoms with van der Waals surface area (Å²) in [6, 6.07) is 8.19. The molecule has 2 aromatic rings. The predicted octanol–water partition coefficient (Wildman–Crippen LogP) is 4.18. The number of hydrogen-bond acceptors (Lipinski definition) is 5. The fourth-order valence-electron chi connectivity index (χ4n) is 4.09. The topological polar surface area (TPSA) is 47.5 Å². The SMILES string of the molecule is COCCN(CCOC)c1nc(C)nc2c1CCCC2(C)c1ccc(Cl)cc1. The lowest BCUT2D eigenvalue weighted by Crippen LogP contribution is -2.36. The van der Waals surface area contributed by atoms with E-state index < -0.39 is 0 Å². The van der Waals surface area contributed by atoms with Crippen LogP contribution in [0.1, 0.15) is 42.4 Å². The lowest BCUT2D eigenvalue weighted by atomic mass is 9.70. The van der Waals surface area contributed by atoms with Crippen molar-refractivity contribution in [3.05, 3.63) is 51.9 Å². The van der Waals surface area contributed by atoms with E-state index in [4.69, 9.17) is 31.0 Å². The van der Waals surface area contributed by atoms with Crippen LogP contribution < -0.4 is 4.90 Å². The van der Waals surface area contributed by atoms with Crippen molar-refractivity contribution in [3.63, 3.8) is 0 Å². The Labute approximate surface area is 173 Å². The van der Waals surface area contributed by atoms with Gasteiger partial charge in [-0.15, -0.1) is 0 Å². The molecule has 0 saturated carbocycles. The lowest BCUT2D eigenvalue weighted by Gasteiger charge is -2.38. The van der Waals surface area contributed by atoms with Gasteiger partial charge in [0.25, 0.3) is 0 Å². The quantitative estimate of drug-likeness (QED) is 0.661. The maximum Gasteiger partial charge on any atom is 0.135 e. The minimum atomic E-state index is -0.144. The Morgan fingerprint density at radius 1 is 1.07 bits per heavy atom. The maximum absolute atomic E-state index is 6.13. The van der Waals surface area contributed by atoms with Crippen molar-refractivity contribution in [2.24, 2.45) is 0 Å². The van der Waals surface area contributed by atoms with Gasteiger partial charge < -0.3 is 14.4 Å². The van der Waals surface area contributed by atoms with E-state index in [-0.39, 0.29) is 5.41 Å². The predicted molar refractivity (Wildman–Crippen MR) is 114 cm³/mol. The molecular formula is C22H30ClN3O2. The van der Waals surface area contributed by atoms with Crippen LogP contribution in [-0.2, 0) is 21.3 Å². The van der Waals surface area contributed by atoms with E-state index in [0.717, 1.165) is 54.7 Å². The van der Waals surface area contributed by atoms with Crippen LogP contribution in [0.5, 0.6) is 0 Å². The van der Waals surface area contributed by atoms with Crippen molar-refractivity contribution in [1.82, 2.24) is 9.97 Å². The van der Waals surface area contributed by atoms with Gasteiger partial charge in [0.2, 0.25) is 0 Å². The molecule has 0 N–H and O–H groups in total. The third-order valence-corrected chi connectivity index (χ3v) is 5.89. The average molecular weight is 404 g/mol. The maximum atomic E-state index is 6.13. The third-order valence-electron chi connectivity index (χ3n) is 5.63. The molecule has 0 fully saturated rings. The number of anilines is 1. The second kappa shape index (κ2) is 9.21. The second-order valence-corrected chi connectivity index (χ2v) is 8.02. The molecule has 0 aliphatic heterocycles. The molecule has 6 heteroatoms. The third kappa shape index (κ3) is 4.32. The van der Waals surface area contributed by atoms with E-state index in [1.807, 2.05) is 19.1 Å². The number of nitrogens with zero attached hydrogens (tertiary/aromatic N) is 3. The van der Waals surface area contributed by atoms with Crippen molar-refractivity contribution in [3.8, 4) is 0 Å². The lowest BCUT2D eigenvalue weighted by molar-refractivity contribution is 0.190. The number of rotatable bonds is 8. The molecule has 0 spiro atoms. The molecule has 1 atom stereocenters. The Kier molecular flexibility index (Phi) is 6.91. The van der Waals surface area contributed by atoms with Gasteiger partial charge in [0.05, 0.1) is 18.9 Å². The number of benzene rings is 1. The van der Waals surface area contributed by atoms with E-state index in [0.29, 0.717) is 13.2 Å². The largest absolute Gasteiger partial charge is 0.383 e. The molecule has 1 aromatic carbocycles. The summed E-state index contributed by atoms with van der Waals surface area (Å²) in [6.45, 7) is 7.12. The van der Waals surface area contributed by atoms with Gasteiger partial charge in [-0.05, 0) is 50.8 Å². The summed E-state index contributed by atoms with van der Waals surface area (Å²) in [5.41, 5.74) is 3.50. The Bertz CT molecular complexity index is 789. The van der Waals surface area contributed by atoms with Crippen molar-refractivity contribution < 1.29 is 9.47 Å². The summed E-state index contributed by atoms with van der Waals surface area (Å²) in [5.74, 6) is 1.83. The Balaban J connectivity index is 2.08. The molecule has 1 aliphatic carbocycles. The first-order chi connectivity index (χ1) is 13.5. The number of fused-ring (bicyclic) bond motifs is 1. The minimum absolute atomic E-state index is 0.144. The number of methoxy groups -OCH3 is 2. The van der Waals surface area contributed by atoms with Crippen LogP contribution in [-0.4, -0.2) is 50.5 Å². The molecular weight excluding hydrogens is 374 g/mol. The summed E-state index contributed by atoms with van der Waals surface area (Å²) in [5, 5.41) is 0.758. The summed E-state index contributed by atoms with van der Waals surface area (Å²) < 4.78 is 10.7. The van der Waals surface area contributed by atoms with Gasteiger partial charge in [0, 0.05) is 43.3 Å². The van der Waals surface area contributed by atoms with Crippen LogP contribution in [0.25, 0.3) is 0 Å². The van der Waals surface area contributed by atoms with E-state index in [2.05, 4.69) is 24.0 Å². The smallest absolute Gasteiger partial charge is 0.135 e. The van der Waals surface area contributed by atoms with Gasteiger partial charge in [-0.25, -0.2) is 9.97 Å². The van der Waals surface area contributed by atoms with Crippen molar-refractivity contribution >= 4 is 17.4 Å². The average Bonchev–Trinajstić information content (AvgIpc) is 2.69. The number of hydrogen-bond donors (Lipinski definition) is 0. The molecule has 3 rings (SSSR count). The monoisotopic (exact) mass is 403 g/mol. The van der Waals surface area contributed by atoms with Crippen LogP contribution in [0, 0.1) is 6.92 Å². The zero-order valence-corrected chi connectivity index (χ0v) is 18.1. The highest BCUT2D eigenvalue weighted by Gasteiger charge is 2.37. The van der Waals surface area contributed by atoms with Crippen molar-refractivity contribution in [1.29, 1.82) is 0 Å². The van der Waals surface area contributed by atoms with E-state index >= 15 is 0 Å². The molecule has 5 nitrogen and oxygen atoms in total. The zero-order chi connectivity index (χ0) is 20.1. The summed E-state index contributed by atoms with van der Waals surface area (Å²) >= 11 is 6.13. The van der Waals surface area contributed by atoms with Gasteiger partial charge in [-0.2, -0.15) is 0 Å². The number of aryl methyl sites for hydroxylation is 1. The van der Waals surface area contributed by atoms with Gasteiger partial charge in [0.1, 0.15) is 11.6 Å². The fraction of sp³-hybridized carbons (Fsp3) is 0.545. The molecule has 1 heterocycles. The first kappa shape index (κ1) is 21.0. The Hall–Kier alpha value is -1.69. The van der Waals surface area contributed by atoms with Gasteiger partial charge in [-0.3, -0.25) is 0 Å². The first-order valence-corrected chi connectivity index (χ1v) is 10.2. The highest BCUT2D eigenvalue weighted by Crippen LogP contribution is 2.43. The van der Waals surface area contributed by atoms with Gasteiger partial charge in [0.15, 0.2) is 0 Å². The molecule has 1 aromatic heterocycles. The van der Waals surface area contributed by atoms with Crippen LogP contribution in [0.3, 0.4) is 0 Å². The van der Waals surface area contributed by atoms with Crippen molar-refractivity contribution in [2.45, 2.75) is 38.5 Å². The minimum Gasteiger partial charge on any atom is -0.383 e. The molecule has 0 radical (unpaired) electrons. The number of ether oxygens (including phenoxy) is 2. The Morgan fingerprint density at radius 3 is 2.32 bits per heavy atom. The van der Waals surface area contributed by atoms with E-state index in [1.54, 1.807) is 14.2 Å². The Morgan fingerprint density at radius 2 is 1.71 bits per heavy atom. The van der Waals surface area contributed by atoms with E-state index in [9.17, 15) is 0 Å². The van der Waals surface area contributed by atoms with Gasteiger partial charge in [-0.1, -0.05) is 23.7 Å². The molecule has 0 amide bonds. The van der Waals surface area contributed by atoms with E-state index in [1.165, 1.54) is 11.1 Å². The van der Waals surface area contributed by atoms with Crippen LogP contribution in [0.4, 0.5) is 5.82 Å². The molecule has 0 saturated heterocycles. The molecule has 152 valence electrons. The van der Waals surface area contributed by atoms with Crippen LogP contribution in [0.2, 0.25) is 5.02 Å². The van der Waals surface area contributed by atoms with Crippen molar-refractivity contribution in [2.75, 3.05) is 45.4 Å². The van der Waals surface area contributed by atoms with Gasteiger partial charge >= 0.3 is 0 Å². The molecule has 1 aliphatic rings. The first-order valence-electron chi connectivity index (χ1n) is 9.86. The zero-order valence-electron chi connectivity index (χ0n) is 17.3. The normalized spacial score (nSPS) is 18.8. The standard InChI is InChI=1S/C22H30ClN3O2/c1-16-24-20-19(21(25-16)26(12-14-27-3)13-15-28-4)6-5-11-22(20,2)17-7-9-18(23)10-8-17/h7-10H,5-6,11-15H2,1-4H3. The summed E-state index contributed by atoms with van der Waals surface area (Å²) in [7, 11) is 3.46. The fourth-order valence-corrected chi connectivity index (χ4v) is 4.22. The molecule has 1 unspecified atom stereocenters.